The van der Waals surface area contributed by atoms with Crippen molar-refractivity contribution in [1.29, 1.82) is 0 Å². The summed E-state index contributed by atoms with van der Waals surface area (Å²) in [6.45, 7) is 0. The lowest BCUT2D eigenvalue weighted by atomic mass is 10.2. The number of aliphatic carboxylic acids is 1. The van der Waals surface area contributed by atoms with Crippen molar-refractivity contribution in [2.75, 3.05) is 7.11 Å². The van der Waals surface area contributed by atoms with Crippen molar-refractivity contribution in [2.45, 2.75) is 0 Å². The van der Waals surface area contributed by atoms with Crippen LogP contribution in [0.3, 0.4) is 0 Å². The van der Waals surface area contributed by atoms with Crippen LogP contribution in [-0.4, -0.2) is 18.2 Å². The number of carboxylic acid groups (broad SMARTS) is 1. The van der Waals surface area contributed by atoms with Gasteiger partial charge in [0, 0.05) is 0 Å². The molecule has 0 saturated carbocycles. The highest BCUT2D eigenvalue weighted by atomic mass is 16.5. The number of hydrogen-bond acceptors (Lipinski definition) is 3. The number of carboxylic acids is 1. The van der Waals surface area contributed by atoms with E-state index in [1.165, 1.54) is 6.08 Å². The zero-order valence-corrected chi connectivity index (χ0v) is 10.9. The summed E-state index contributed by atoms with van der Waals surface area (Å²) in [5, 5.41) is 9.18. The topological polar surface area (TPSA) is 55.8 Å². The first-order valence-corrected chi connectivity index (χ1v) is 6.01. The number of ether oxygens (including phenoxy) is 2. The van der Waals surface area contributed by atoms with Crippen LogP contribution in [0.25, 0.3) is 6.08 Å². The minimum absolute atomic E-state index is 0.138. The SMILES string of the molecule is COc1ccc(OC(=Cc2ccccc2)C(=O)O)cc1. The molecule has 0 aliphatic rings. The normalized spacial score (nSPS) is 10.9. The molecule has 0 aromatic heterocycles. The van der Waals surface area contributed by atoms with Gasteiger partial charge in [-0.15, -0.1) is 0 Å². The Labute approximate surface area is 116 Å². The third-order valence-electron chi connectivity index (χ3n) is 2.60. The van der Waals surface area contributed by atoms with Crippen molar-refractivity contribution < 1.29 is 19.4 Å². The number of carbonyl (C=O) groups is 1. The summed E-state index contributed by atoms with van der Waals surface area (Å²) in [5.41, 5.74) is 0.762. The second kappa shape index (κ2) is 6.43. The van der Waals surface area contributed by atoms with Crippen LogP contribution in [0.5, 0.6) is 11.5 Å². The second-order valence-corrected chi connectivity index (χ2v) is 4.00. The molecule has 1 N–H and O–H groups in total. The van der Waals surface area contributed by atoms with Gasteiger partial charge >= 0.3 is 5.97 Å². The molecule has 2 aromatic carbocycles. The maximum absolute atomic E-state index is 11.2. The molecule has 4 heteroatoms. The van der Waals surface area contributed by atoms with Crippen LogP contribution in [0.1, 0.15) is 5.56 Å². The summed E-state index contributed by atoms with van der Waals surface area (Å²) in [5.74, 6) is -0.136. The zero-order chi connectivity index (χ0) is 14.4. The van der Waals surface area contributed by atoms with Crippen LogP contribution in [0.15, 0.2) is 60.4 Å². The maximum Gasteiger partial charge on any atom is 0.371 e. The first-order valence-electron chi connectivity index (χ1n) is 6.01. The summed E-state index contributed by atoms with van der Waals surface area (Å²) >= 11 is 0. The minimum atomic E-state index is -1.12. The Kier molecular flexibility index (Phi) is 4.39. The van der Waals surface area contributed by atoms with Crippen molar-refractivity contribution >= 4 is 12.0 Å². The number of methoxy groups -OCH3 is 1. The number of rotatable bonds is 5. The fraction of sp³-hybridized carbons (Fsp3) is 0.0625. The van der Waals surface area contributed by atoms with Crippen molar-refractivity contribution in [1.82, 2.24) is 0 Å². The van der Waals surface area contributed by atoms with E-state index in [-0.39, 0.29) is 5.76 Å². The second-order valence-electron chi connectivity index (χ2n) is 4.00. The molecule has 20 heavy (non-hydrogen) atoms. The van der Waals surface area contributed by atoms with Crippen LogP contribution in [0.4, 0.5) is 0 Å². The molecule has 0 spiro atoms. The highest BCUT2D eigenvalue weighted by Gasteiger charge is 2.10. The van der Waals surface area contributed by atoms with Crippen molar-refractivity contribution in [3.05, 3.63) is 65.9 Å². The van der Waals surface area contributed by atoms with E-state index in [1.807, 2.05) is 18.2 Å². The van der Waals surface area contributed by atoms with Crippen molar-refractivity contribution in [3.63, 3.8) is 0 Å². The van der Waals surface area contributed by atoms with E-state index in [0.29, 0.717) is 11.5 Å². The largest absolute Gasteiger partial charge is 0.497 e. The van der Waals surface area contributed by atoms with Gasteiger partial charge in [0.25, 0.3) is 0 Å². The van der Waals surface area contributed by atoms with E-state index in [0.717, 1.165) is 5.56 Å². The Morgan fingerprint density at radius 3 is 2.15 bits per heavy atom. The Bertz CT molecular complexity index is 600. The zero-order valence-electron chi connectivity index (χ0n) is 10.9. The lowest BCUT2D eigenvalue weighted by molar-refractivity contribution is -0.134. The lowest BCUT2D eigenvalue weighted by Gasteiger charge is -2.07. The molecule has 0 fully saturated rings. The molecule has 0 saturated heterocycles. The summed E-state index contributed by atoms with van der Waals surface area (Å²) < 4.78 is 10.4. The molecule has 0 unspecified atom stereocenters. The molecule has 0 heterocycles. The van der Waals surface area contributed by atoms with Crippen LogP contribution in [0, 0.1) is 0 Å². The Morgan fingerprint density at radius 2 is 1.60 bits per heavy atom. The molecule has 2 aromatic rings. The van der Waals surface area contributed by atoms with Gasteiger partial charge in [-0.1, -0.05) is 30.3 Å². The Morgan fingerprint density at radius 1 is 1.00 bits per heavy atom. The maximum atomic E-state index is 11.2. The standard InChI is InChI=1S/C16H14O4/c1-19-13-7-9-14(10-8-13)20-15(16(17)18)11-12-5-3-2-4-6-12/h2-11H,1H3,(H,17,18). The van der Waals surface area contributed by atoms with Crippen LogP contribution >= 0.6 is 0 Å². The van der Waals surface area contributed by atoms with Crippen LogP contribution in [-0.2, 0) is 4.79 Å². The molecular weight excluding hydrogens is 256 g/mol. The third-order valence-corrected chi connectivity index (χ3v) is 2.60. The van der Waals surface area contributed by atoms with E-state index >= 15 is 0 Å². The average Bonchev–Trinajstić information content (AvgIpc) is 2.48. The quantitative estimate of drug-likeness (QED) is 0.669. The highest BCUT2D eigenvalue weighted by molar-refractivity contribution is 5.90. The highest BCUT2D eigenvalue weighted by Crippen LogP contribution is 2.20. The number of benzene rings is 2. The molecule has 102 valence electrons. The van der Waals surface area contributed by atoms with Gasteiger partial charge in [0.15, 0.2) is 0 Å². The Hall–Kier alpha value is -2.75. The molecule has 0 atom stereocenters. The monoisotopic (exact) mass is 270 g/mol. The van der Waals surface area contributed by atoms with E-state index in [1.54, 1.807) is 43.5 Å². The first-order chi connectivity index (χ1) is 9.69. The third kappa shape index (κ3) is 3.62. The molecule has 0 radical (unpaired) electrons. The molecule has 0 aliphatic heterocycles. The van der Waals surface area contributed by atoms with Gasteiger partial charge < -0.3 is 14.6 Å². The summed E-state index contributed by atoms with van der Waals surface area (Å²) in [4.78, 5) is 11.2. The van der Waals surface area contributed by atoms with Gasteiger partial charge in [0.05, 0.1) is 7.11 Å². The average molecular weight is 270 g/mol. The van der Waals surface area contributed by atoms with E-state index in [4.69, 9.17) is 9.47 Å². The predicted molar refractivity (Wildman–Crippen MR) is 75.7 cm³/mol. The van der Waals surface area contributed by atoms with Gasteiger partial charge in [-0.05, 0) is 35.9 Å². The molecule has 2 rings (SSSR count). The van der Waals surface area contributed by atoms with Gasteiger partial charge in [-0.25, -0.2) is 4.79 Å². The minimum Gasteiger partial charge on any atom is -0.497 e. The molecular formula is C16H14O4. The lowest BCUT2D eigenvalue weighted by Crippen LogP contribution is -2.07. The van der Waals surface area contributed by atoms with E-state index in [2.05, 4.69) is 0 Å². The number of hydrogen-bond donors (Lipinski definition) is 1. The summed E-state index contributed by atoms with van der Waals surface area (Å²) in [7, 11) is 1.56. The molecule has 0 amide bonds. The first kappa shape index (κ1) is 13.7. The summed E-state index contributed by atoms with van der Waals surface area (Å²) in [6, 6.07) is 15.9. The van der Waals surface area contributed by atoms with Gasteiger partial charge in [-0.2, -0.15) is 0 Å². The smallest absolute Gasteiger partial charge is 0.371 e. The Balaban J connectivity index is 2.21. The van der Waals surface area contributed by atoms with Crippen LogP contribution in [0.2, 0.25) is 0 Å². The predicted octanol–water partition coefficient (Wildman–Crippen LogP) is 3.20. The summed E-state index contributed by atoms with van der Waals surface area (Å²) in [6.07, 6.45) is 1.48. The van der Waals surface area contributed by atoms with Gasteiger partial charge in [0.1, 0.15) is 11.5 Å². The molecule has 0 aliphatic carbocycles. The molecule has 0 bridgehead atoms. The van der Waals surface area contributed by atoms with Gasteiger partial charge in [0.2, 0.25) is 5.76 Å². The molecule has 4 nitrogen and oxygen atoms in total. The van der Waals surface area contributed by atoms with Gasteiger partial charge in [-0.3, -0.25) is 0 Å². The van der Waals surface area contributed by atoms with E-state index < -0.39 is 5.97 Å². The van der Waals surface area contributed by atoms with Crippen molar-refractivity contribution in [2.24, 2.45) is 0 Å². The van der Waals surface area contributed by atoms with E-state index in [9.17, 15) is 9.90 Å². The van der Waals surface area contributed by atoms with Crippen LogP contribution < -0.4 is 9.47 Å². The fourth-order valence-corrected chi connectivity index (χ4v) is 1.61. The van der Waals surface area contributed by atoms with Crippen molar-refractivity contribution in [3.8, 4) is 11.5 Å². The fourth-order valence-electron chi connectivity index (χ4n) is 1.61.